The van der Waals surface area contributed by atoms with E-state index in [4.69, 9.17) is 13.3 Å². The Morgan fingerprint density at radius 3 is 1.68 bits per heavy atom. The van der Waals surface area contributed by atoms with Gasteiger partial charge in [-0.25, -0.2) is 0 Å². The van der Waals surface area contributed by atoms with Crippen LogP contribution < -0.4 is 4.57 Å². The van der Waals surface area contributed by atoms with Crippen LogP contribution in [0.3, 0.4) is 0 Å². The lowest BCUT2D eigenvalue weighted by Crippen LogP contribution is -2.62. The summed E-state index contributed by atoms with van der Waals surface area (Å²) >= 11 is 0. The first-order valence-corrected chi connectivity index (χ1v) is 9.03. The van der Waals surface area contributed by atoms with Gasteiger partial charge in [-0.15, -0.1) is 4.98 Å². The molecule has 1 rings (SSSR count). The molecule has 1 aromatic rings. The third kappa shape index (κ3) is 4.50. The maximum Gasteiger partial charge on any atom is 0.636 e. The van der Waals surface area contributed by atoms with E-state index in [2.05, 4.69) is 15.0 Å². The van der Waals surface area contributed by atoms with Crippen LogP contribution in [0.2, 0.25) is 0 Å². The fourth-order valence-corrected chi connectivity index (χ4v) is 4.61. The second kappa shape index (κ2) is 8.83. The molecule has 9 nitrogen and oxygen atoms in total. The smallest absolute Gasteiger partial charge is 0.479 e. The normalized spacial score (nSPS) is 11.6. The van der Waals surface area contributed by atoms with Gasteiger partial charge < -0.3 is 23.5 Å². The van der Waals surface area contributed by atoms with Crippen molar-refractivity contribution in [2.45, 2.75) is 34.1 Å². The van der Waals surface area contributed by atoms with Crippen LogP contribution in [-0.2, 0) is 13.3 Å². The van der Waals surface area contributed by atoms with E-state index in [1.165, 1.54) is 0 Å². The molecule has 0 unspecified atom stereocenters. The second-order valence-electron chi connectivity index (χ2n) is 4.21. The molecule has 1 aromatic heterocycles. The van der Waals surface area contributed by atoms with Crippen LogP contribution >= 0.6 is 0 Å². The second-order valence-corrected chi connectivity index (χ2v) is 6.66. The van der Waals surface area contributed by atoms with Gasteiger partial charge in [0.2, 0.25) is 5.95 Å². The zero-order chi connectivity index (χ0) is 16.6. The Morgan fingerprint density at radius 2 is 1.32 bits per heavy atom. The molecule has 22 heavy (non-hydrogen) atoms. The molecule has 0 saturated carbocycles. The SMILES string of the molecule is CCCN(c1nc(O)nc(O)n1)[Si](OCC)(OCC)OCC. The molecule has 0 aliphatic carbocycles. The molecule has 0 amide bonds. The van der Waals surface area contributed by atoms with Crippen molar-refractivity contribution in [2.75, 3.05) is 30.9 Å². The highest BCUT2D eigenvalue weighted by Crippen LogP contribution is 2.24. The number of hydrogen-bond acceptors (Lipinski definition) is 9. The Bertz CT molecular complexity index is 428. The summed E-state index contributed by atoms with van der Waals surface area (Å²) in [4.78, 5) is 11.1. The largest absolute Gasteiger partial charge is 0.636 e. The molecule has 0 aromatic carbocycles. The van der Waals surface area contributed by atoms with Crippen molar-refractivity contribution in [1.82, 2.24) is 15.0 Å². The van der Waals surface area contributed by atoms with E-state index in [9.17, 15) is 10.2 Å². The lowest BCUT2D eigenvalue weighted by molar-refractivity contribution is 0.0684. The molecule has 126 valence electrons. The Kier molecular flexibility index (Phi) is 7.45. The first-order chi connectivity index (χ1) is 10.5. The number of nitrogens with zero attached hydrogens (tertiary/aromatic N) is 4. The Morgan fingerprint density at radius 1 is 0.864 bits per heavy atom. The zero-order valence-electron chi connectivity index (χ0n) is 13.4. The molecule has 0 radical (unpaired) electrons. The maximum atomic E-state index is 9.51. The molecule has 0 bridgehead atoms. The van der Waals surface area contributed by atoms with E-state index in [0.717, 1.165) is 6.42 Å². The fraction of sp³-hybridized carbons (Fsp3) is 0.750. The third-order valence-corrected chi connectivity index (χ3v) is 5.64. The predicted octanol–water partition coefficient (Wildman–Crippen LogP) is 1.04. The van der Waals surface area contributed by atoms with Gasteiger partial charge in [-0.1, -0.05) is 6.92 Å². The minimum atomic E-state index is -3.27. The van der Waals surface area contributed by atoms with Crippen molar-refractivity contribution in [1.29, 1.82) is 0 Å². The van der Waals surface area contributed by atoms with Gasteiger partial charge >= 0.3 is 21.0 Å². The Labute approximate surface area is 131 Å². The molecule has 1 heterocycles. The van der Waals surface area contributed by atoms with Crippen molar-refractivity contribution in [3.8, 4) is 12.0 Å². The van der Waals surface area contributed by atoms with Crippen LogP contribution in [0, 0.1) is 0 Å². The average Bonchev–Trinajstić information content (AvgIpc) is 2.44. The molecular formula is C12H24N4O5Si. The van der Waals surface area contributed by atoms with Crippen molar-refractivity contribution in [2.24, 2.45) is 0 Å². The molecule has 0 fully saturated rings. The van der Waals surface area contributed by atoms with Gasteiger partial charge in [0.05, 0.1) is 0 Å². The van der Waals surface area contributed by atoms with E-state index in [1.54, 1.807) is 4.57 Å². The van der Waals surface area contributed by atoms with E-state index < -0.39 is 21.0 Å². The summed E-state index contributed by atoms with van der Waals surface area (Å²) in [5.41, 5.74) is 0. The van der Waals surface area contributed by atoms with E-state index in [1.807, 2.05) is 27.7 Å². The third-order valence-electron chi connectivity index (χ3n) is 2.60. The van der Waals surface area contributed by atoms with Crippen LogP contribution in [0.1, 0.15) is 34.1 Å². The topological polar surface area (TPSA) is 110 Å². The predicted molar refractivity (Wildman–Crippen MR) is 81.4 cm³/mol. The first kappa shape index (κ1) is 18.6. The molecular weight excluding hydrogens is 308 g/mol. The molecule has 0 aliphatic heterocycles. The highest BCUT2D eigenvalue weighted by atomic mass is 28.4. The van der Waals surface area contributed by atoms with Crippen LogP contribution in [-0.4, -0.2) is 60.5 Å². The standard InChI is InChI=1S/C12H24N4O5Si/c1-5-9-16(10-13-11(17)15-12(18)14-10)22(19-6-2,20-7-3)21-8-4/h5-9H2,1-4H3,(H2,13,14,15,17,18). The van der Waals surface area contributed by atoms with Gasteiger partial charge in [0.1, 0.15) is 0 Å². The van der Waals surface area contributed by atoms with Crippen molar-refractivity contribution in [3.05, 3.63) is 0 Å². The summed E-state index contributed by atoms with van der Waals surface area (Å²) in [5, 5.41) is 19.0. The number of aromatic hydroxyl groups is 2. The molecule has 2 N–H and O–H groups in total. The Balaban J connectivity index is 3.31. The van der Waals surface area contributed by atoms with Gasteiger partial charge in [-0.3, -0.25) is 4.57 Å². The fourth-order valence-electron chi connectivity index (χ4n) is 1.95. The maximum absolute atomic E-state index is 9.51. The van der Waals surface area contributed by atoms with Crippen LogP contribution in [0.25, 0.3) is 0 Å². The number of hydrogen-bond donors (Lipinski definition) is 2. The number of anilines is 1. The molecule has 0 atom stereocenters. The molecule has 0 saturated heterocycles. The highest BCUT2D eigenvalue weighted by Gasteiger charge is 2.50. The van der Waals surface area contributed by atoms with Gasteiger partial charge in [0.25, 0.3) is 0 Å². The zero-order valence-corrected chi connectivity index (χ0v) is 14.4. The summed E-state index contributed by atoms with van der Waals surface area (Å²) in [6.07, 6.45) is 0.745. The number of rotatable bonds is 10. The van der Waals surface area contributed by atoms with Crippen molar-refractivity contribution in [3.63, 3.8) is 0 Å². The van der Waals surface area contributed by atoms with Crippen LogP contribution in [0.4, 0.5) is 5.95 Å². The van der Waals surface area contributed by atoms with E-state index >= 15 is 0 Å². The Hall–Kier alpha value is -1.49. The van der Waals surface area contributed by atoms with Crippen molar-refractivity contribution >= 4 is 14.9 Å². The monoisotopic (exact) mass is 332 g/mol. The van der Waals surface area contributed by atoms with Gasteiger partial charge in [-0.2, -0.15) is 9.97 Å². The molecule has 10 heteroatoms. The van der Waals surface area contributed by atoms with Crippen LogP contribution in [0.15, 0.2) is 0 Å². The number of aromatic nitrogens is 3. The summed E-state index contributed by atoms with van der Waals surface area (Å²) in [6, 6.07) is -1.15. The minimum absolute atomic E-state index is 0.0638. The molecule has 0 aliphatic rings. The van der Waals surface area contributed by atoms with E-state index in [-0.39, 0.29) is 5.95 Å². The summed E-state index contributed by atoms with van der Waals surface area (Å²) in [7, 11) is -3.27. The average molecular weight is 332 g/mol. The van der Waals surface area contributed by atoms with Gasteiger partial charge in [0.15, 0.2) is 0 Å². The first-order valence-electron chi connectivity index (χ1n) is 7.36. The summed E-state index contributed by atoms with van der Waals surface area (Å²) in [6.45, 7) is 9.12. The lowest BCUT2D eigenvalue weighted by Gasteiger charge is -2.37. The highest BCUT2D eigenvalue weighted by molar-refractivity contribution is 6.65. The van der Waals surface area contributed by atoms with Gasteiger partial charge in [-0.05, 0) is 27.2 Å². The van der Waals surface area contributed by atoms with Crippen molar-refractivity contribution < 1.29 is 23.5 Å². The lowest BCUT2D eigenvalue weighted by atomic mass is 10.5. The molecule has 0 spiro atoms. The van der Waals surface area contributed by atoms with Gasteiger partial charge in [0, 0.05) is 26.4 Å². The quantitative estimate of drug-likeness (QED) is 0.607. The summed E-state index contributed by atoms with van der Waals surface area (Å²) in [5.74, 6) is 0.0638. The van der Waals surface area contributed by atoms with Crippen LogP contribution in [0.5, 0.6) is 12.0 Å². The summed E-state index contributed by atoms with van der Waals surface area (Å²) < 4.78 is 19.1. The van der Waals surface area contributed by atoms with E-state index in [0.29, 0.717) is 26.4 Å². The minimum Gasteiger partial charge on any atom is -0.479 e.